The number of carboxylic acids is 1. The van der Waals surface area contributed by atoms with Crippen molar-refractivity contribution < 1.29 is 14.7 Å². The van der Waals surface area contributed by atoms with Crippen molar-refractivity contribution in [1.29, 1.82) is 0 Å². The fourth-order valence-corrected chi connectivity index (χ4v) is 2.15. The lowest BCUT2D eigenvalue weighted by Gasteiger charge is -2.39. The molecule has 0 aromatic carbocycles. The van der Waals surface area contributed by atoms with E-state index < -0.39 is 11.5 Å². The zero-order chi connectivity index (χ0) is 14.6. The monoisotopic (exact) mass is 277 g/mol. The first-order valence-corrected chi connectivity index (χ1v) is 6.70. The summed E-state index contributed by atoms with van der Waals surface area (Å²) < 4.78 is 0. The van der Waals surface area contributed by atoms with Gasteiger partial charge in [-0.15, -0.1) is 0 Å². The summed E-state index contributed by atoms with van der Waals surface area (Å²) in [7, 11) is 1.66. The van der Waals surface area contributed by atoms with Crippen LogP contribution in [0.5, 0.6) is 0 Å². The Hall–Kier alpha value is -2.11. The van der Waals surface area contributed by atoms with E-state index in [1.807, 2.05) is 18.2 Å². The van der Waals surface area contributed by atoms with Gasteiger partial charge in [-0.1, -0.05) is 6.07 Å². The van der Waals surface area contributed by atoms with Crippen molar-refractivity contribution in [3.05, 3.63) is 30.1 Å². The first-order chi connectivity index (χ1) is 9.53. The van der Waals surface area contributed by atoms with Gasteiger partial charge in [0, 0.05) is 31.9 Å². The number of urea groups is 1. The van der Waals surface area contributed by atoms with Crippen LogP contribution in [0.15, 0.2) is 24.4 Å². The number of likely N-dealkylation sites (N-methyl/N-ethyl adjacent to an activating group) is 1. The summed E-state index contributed by atoms with van der Waals surface area (Å²) in [5, 5.41) is 11.8. The zero-order valence-corrected chi connectivity index (χ0v) is 11.5. The molecule has 1 aliphatic carbocycles. The molecular formula is C14H19N3O3. The Morgan fingerprint density at radius 2 is 2.20 bits per heavy atom. The van der Waals surface area contributed by atoms with Gasteiger partial charge in [-0.25, -0.2) is 9.59 Å². The Morgan fingerprint density at radius 3 is 2.70 bits per heavy atom. The SMILES string of the molecule is CN(CCc1ccccn1)C(=O)NC1(C(=O)O)CCC1. The average molecular weight is 277 g/mol. The summed E-state index contributed by atoms with van der Waals surface area (Å²) in [6.45, 7) is 0.499. The Morgan fingerprint density at radius 1 is 1.45 bits per heavy atom. The summed E-state index contributed by atoms with van der Waals surface area (Å²) in [6, 6.07) is 5.29. The van der Waals surface area contributed by atoms with Crippen LogP contribution in [0.1, 0.15) is 25.0 Å². The van der Waals surface area contributed by atoms with Crippen LogP contribution in [0.3, 0.4) is 0 Å². The normalized spacial score (nSPS) is 16.1. The van der Waals surface area contributed by atoms with Crippen LogP contribution in [0.2, 0.25) is 0 Å². The molecule has 0 atom stereocenters. The second-order valence-corrected chi connectivity index (χ2v) is 5.16. The summed E-state index contributed by atoms with van der Waals surface area (Å²) in [6.07, 6.45) is 4.20. The van der Waals surface area contributed by atoms with Gasteiger partial charge in [-0.05, 0) is 31.4 Å². The Labute approximate surface area is 117 Å². The van der Waals surface area contributed by atoms with Gasteiger partial charge in [0.2, 0.25) is 0 Å². The quantitative estimate of drug-likeness (QED) is 0.849. The van der Waals surface area contributed by atoms with Gasteiger partial charge >= 0.3 is 12.0 Å². The van der Waals surface area contributed by atoms with Crippen molar-refractivity contribution >= 4 is 12.0 Å². The molecule has 1 aromatic rings. The molecule has 1 fully saturated rings. The molecule has 1 heterocycles. The van der Waals surface area contributed by atoms with Crippen molar-refractivity contribution in [2.75, 3.05) is 13.6 Å². The predicted octanol–water partition coefficient (Wildman–Crippen LogP) is 1.27. The maximum atomic E-state index is 12.0. The molecule has 2 amide bonds. The summed E-state index contributed by atoms with van der Waals surface area (Å²) in [4.78, 5) is 28.9. The highest BCUT2D eigenvalue weighted by Gasteiger charge is 2.46. The lowest BCUT2D eigenvalue weighted by atomic mass is 9.77. The number of carbonyl (C=O) groups excluding carboxylic acids is 1. The molecular weight excluding hydrogens is 258 g/mol. The number of hydrogen-bond donors (Lipinski definition) is 2. The van der Waals surface area contributed by atoms with Gasteiger partial charge in [0.25, 0.3) is 0 Å². The highest BCUT2D eigenvalue weighted by molar-refractivity contribution is 5.87. The molecule has 2 rings (SSSR count). The summed E-state index contributed by atoms with van der Waals surface area (Å²) >= 11 is 0. The minimum atomic E-state index is -1.06. The minimum absolute atomic E-state index is 0.344. The number of nitrogens with zero attached hydrogens (tertiary/aromatic N) is 2. The molecule has 0 saturated heterocycles. The lowest BCUT2D eigenvalue weighted by Crippen LogP contribution is -2.61. The van der Waals surface area contributed by atoms with Crippen LogP contribution in [-0.2, 0) is 11.2 Å². The summed E-state index contributed by atoms with van der Waals surface area (Å²) in [5.41, 5.74) is -0.153. The molecule has 0 radical (unpaired) electrons. The highest BCUT2D eigenvalue weighted by Crippen LogP contribution is 2.32. The molecule has 1 saturated carbocycles. The standard InChI is InChI=1S/C14H19N3O3/c1-17(10-6-11-5-2-3-9-15-11)13(20)16-14(12(18)19)7-4-8-14/h2-3,5,9H,4,6-8,10H2,1H3,(H,16,20)(H,18,19). The van der Waals surface area contributed by atoms with Crippen molar-refractivity contribution in [1.82, 2.24) is 15.2 Å². The molecule has 1 aromatic heterocycles. The number of pyridine rings is 1. The van der Waals surface area contributed by atoms with Crippen LogP contribution in [0, 0.1) is 0 Å². The molecule has 6 nitrogen and oxygen atoms in total. The summed E-state index contributed by atoms with van der Waals surface area (Å²) in [5.74, 6) is -0.949. The Bertz CT molecular complexity index is 486. The molecule has 108 valence electrons. The fourth-order valence-electron chi connectivity index (χ4n) is 2.15. The Balaban J connectivity index is 1.84. The number of rotatable bonds is 5. The first-order valence-electron chi connectivity index (χ1n) is 6.70. The molecule has 0 unspecified atom stereocenters. The Kier molecular flexibility index (Phi) is 4.22. The maximum absolute atomic E-state index is 12.0. The lowest BCUT2D eigenvalue weighted by molar-refractivity contribution is -0.148. The van der Waals surface area contributed by atoms with Gasteiger partial charge in [-0.2, -0.15) is 0 Å². The largest absolute Gasteiger partial charge is 0.480 e. The molecule has 0 bridgehead atoms. The van der Waals surface area contributed by atoms with E-state index in [0.717, 1.165) is 12.1 Å². The van der Waals surface area contributed by atoms with Crippen LogP contribution in [0.25, 0.3) is 0 Å². The van der Waals surface area contributed by atoms with E-state index in [0.29, 0.717) is 25.8 Å². The average Bonchev–Trinajstić information content (AvgIpc) is 2.40. The number of aliphatic carboxylic acids is 1. The first kappa shape index (κ1) is 14.3. The second kappa shape index (κ2) is 5.90. The van der Waals surface area contributed by atoms with Crippen molar-refractivity contribution in [3.8, 4) is 0 Å². The van der Waals surface area contributed by atoms with Gasteiger partial charge in [0.05, 0.1) is 0 Å². The smallest absolute Gasteiger partial charge is 0.329 e. The second-order valence-electron chi connectivity index (χ2n) is 5.16. The zero-order valence-electron chi connectivity index (χ0n) is 11.5. The van der Waals surface area contributed by atoms with Crippen LogP contribution < -0.4 is 5.32 Å². The molecule has 1 aliphatic rings. The molecule has 20 heavy (non-hydrogen) atoms. The van der Waals surface area contributed by atoms with Gasteiger partial charge in [0.1, 0.15) is 5.54 Å². The number of nitrogens with one attached hydrogen (secondary N) is 1. The third-order valence-corrected chi connectivity index (χ3v) is 3.74. The van der Waals surface area contributed by atoms with E-state index in [-0.39, 0.29) is 6.03 Å². The van der Waals surface area contributed by atoms with Gasteiger partial charge < -0.3 is 15.3 Å². The molecule has 6 heteroatoms. The van der Waals surface area contributed by atoms with E-state index >= 15 is 0 Å². The van der Waals surface area contributed by atoms with Crippen molar-refractivity contribution in [2.45, 2.75) is 31.2 Å². The van der Waals surface area contributed by atoms with E-state index in [1.165, 1.54) is 4.90 Å². The number of amides is 2. The topological polar surface area (TPSA) is 82.5 Å². The van der Waals surface area contributed by atoms with E-state index in [1.54, 1.807) is 13.2 Å². The van der Waals surface area contributed by atoms with Crippen molar-refractivity contribution in [2.24, 2.45) is 0 Å². The third-order valence-electron chi connectivity index (χ3n) is 3.74. The van der Waals surface area contributed by atoms with Crippen molar-refractivity contribution in [3.63, 3.8) is 0 Å². The molecule has 0 spiro atoms. The number of carboxylic acid groups (broad SMARTS) is 1. The van der Waals surface area contributed by atoms with Crippen LogP contribution in [0.4, 0.5) is 4.79 Å². The van der Waals surface area contributed by atoms with Crippen LogP contribution in [-0.4, -0.2) is 46.1 Å². The highest BCUT2D eigenvalue weighted by atomic mass is 16.4. The number of hydrogen-bond acceptors (Lipinski definition) is 3. The van der Waals surface area contributed by atoms with Gasteiger partial charge in [0.15, 0.2) is 0 Å². The fraction of sp³-hybridized carbons (Fsp3) is 0.500. The van der Waals surface area contributed by atoms with Gasteiger partial charge in [-0.3, -0.25) is 4.98 Å². The third kappa shape index (κ3) is 3.07. The maximum Gasteiger partial charge on any atom is 0.329 e. The van der Waals surface area contributed by atoms with E-state index in [4.69, 9.17) is 0 Å². The number of aromatic nitrogens is 1. The van der Waals surface area contributed by atoms with E-state index in [9.17, 15) is 14.7 Å². The molecule has 0 aliphatic heterocycles. The molecule has 2 N–H and O–H groups in total. The van der Waals surface area contributed by atoms with E-state index in [2.05, 4.69) is 10.3 Å². The number of carbonyl (C=O) groups is 2. The minimum Gasteiger partial charge on any atom is -0.480 e. The predicted molar refractivity (Wildman–Crippen MR) is 73.3 cm³/mol. The van der Waals surface area contributed by atoms with Crippen LogP contribution >= 0.6 is 0 Å².